The second kappa shape index (κ2) is 4.89. The largest absolute Gasteiger partial charge is 0.496 e. The van der Waals surface area contributed by atoms with Gasteiger partial charge in [-0.1, -0.05) is 12.0 Å². The van der Waals surface area contributed by atoms with Crippen molar-refractivity contribution in [3.63, 3.8) is 0 Å². The Hall–Kier alpha value is -2.48. The number of hydrogen-bond donors (Lipinski definition) is 1. The molecule has 0 radical (unpaired) electrons. The van der Waals surface area contributed by atoms with Crippen molar-refractivity contribution in [2.75, 3.05) is 13.7 Å². The van der Waals surface area contributed by atoms with Crippen LogP contribution in [0.15, 0.2) is 18.2 Å². The lowest BCUT2D eigenvalue weighted by Crippen LogP contribution is -2.41. The highest BCUT2D eigenvalue weighted by Crippen LogP contribution is 2.31. The Bertz CT molecular complexity index is 618. The smallest absolute Gasteiger partial charge is 0.326 e. The fourth-order valence-electron chi connectivity index (χ4n) is 2.32. The molecule has 1 N–H and O–H groups in total. The number of imide groups is 1. The maximum atomic E-state index is 12.4. The van der Waals surface area contributed by atoms with Gasteiger partial charge in [0, 0.05) is 0 Å². The summed E-state index contributed by atoms with van der Waals surface area (Å²) in [5.74, 6) is 2.70. The Morgan fingerprint density at radius 1 is 1.45 bits per heavy atom. The third kappa shape index (κ3) is 1.99. The van der Waals surface area contributed by atoms with Crippen LogP contribution in [-0.2, 0) is 10.3 Å². The van der Waals surface area contributed by atoms with E-state index in [1.807, 2.05) is 13.0 Å². The van der Waals surface area contributed by atoms with Gasteiger partial charge in [-0.3, -0.25) is 9.69 Å². The lowest BCUT2D eigenvalue weighted by Gasteiger charge is -2.23. The van der Waals surface area contributed by atoms with Gasteiger partial charge in [-0.2, -0.15) is 0 Å². The molecule has 1 heterocycles. The number of nitrogens with one attached hydrogen (secondary N) is 1. The predicted octanol–water partition coefficient (Wildman–Crippen LogP) is 1.40. The Morgan fingerprint density at radius 3 is 2.70 bits per heavy atom. The minimum absolute atomic E-state index is 0.0323. The first-order valence-electron chi connectivity index (χ1n) is 6.16. The second-order valence-electron chi connectivity index (χ2n) is 4.83. The Kier molecular flexibility index (Phi) is 3.41. The summed E-state index contributed by atoms with van der Waals surface area (Å²) >= 11 is 0. The summed E-state index contributed by atoms with van der Waals surface area (Å²) in [7, 11) is 1.58. The first-order chi connectivity index (χ1) is 9.43. The van der Waals surface area contributed by atoms with Gasteiger partial charge >= 0.3 is 6.03 Å². The van der Waals surface area contributed by atoms with Crippen molar-refractivity contribution in [3.05, 3.63) is 29.3 Å². The molecule has 1 aliphatic rings. The van der Waals surface area contributed by atoms with Gasteiger partial charge in [0.25, 0.3) is 5.91 Å². The van der Waals surface area contributed by atoms with Gasteiger partial charge in [-0.05, 0) is 37.1 Å². The molecule has 5 heteroatoms. The fourth-order valence-corrected chi connectivity index (χ4v) is 2.32. The zero-order chi connectivity index (χ0) is 14.9. The number of carbonyl (C=O) groups is 2. The molecule has 3 amide bonds. The van der Waals surface area contributed by atoms with E-state index in [4.69, 9.17) is 11.2 Å². The first kappa shape index (κ1) is 13.9. The van der Waals surface area contributed by atoms with Crippen molar-refractivity contribution >= 4 is 11.9 Å². The van der Waals surface area contributed by atoms with Gasteiger partial charge in [0.2, 0.25) is 0 Å². The lowest BCUT2D eigenvalue weighted by molar-refractivity contribution is -0.130. The van der Waals surface area contributed by atoms with Crippen molar-refractivity contribution in [1.82, 2.24) is 10.2 Å². The van der Waals surface area contributed by atoms with Crippen LogP contribution in [0.25, 0.3) is 0 Å². The average molecular weight is 272 g/mol. The molecule has 1 aromatic rings. The van der Waals surface area contributed by atoms with Gasteiger partial charge in [0.15, 0.2) is 0 Å². The molecule has 2 rings (SSSR count). The molecule has 0 spiro atoms. The van der Waals surface area contributed by atoms with Gasteiger partial charge in [-0.15, -0.1) is 6.42 Å². The summed E-state index contributed by atoms with van der Waals surface area (Å²) < 4.78 is 5.19. The molecule has 0 aliphatic carbocycles. The molecule has 20 heavy (non-hydrogen) atoms. The standard InChI is InChI=1S/C15H16N2O3/c1-5-8-17-13(18)15(3,16-14(17)19)11-6-7-12(20-4)10(2)9-11/h1,6-7,9H,8H2,2-4H3,(H,16,19). The molecule has 0 saturated carbocycles. The summed E-state index contributed by atoms with van der Waals surface area (Å²) in [5.41, 5.74) is 0.502. The Balaban J connectivity index is 2.42. The number of benzene rings is 1. The molecule has 1 aliphatic heterocycles. The molecular weight excluding hydrogens is 256 g/mol. The number of ether oxygens (including phenoxy) is 1. The van der Waals surface area contributed by atoms with Crippen molar-refractivity contribution in [3.8, 4) is 18.1 Å². The molecule has 1 fully saturated rings. The van der Waals surface area contributed by atoms with E-state index >= 15 is 0 Å². The van der Waals surface area contributed by atoms with Crippen LogP contribution in [-0.4, -0.2) is 30.5 Å². The molecule has 5 nitrogen and oxygen atoms in total. The summed E-state index contributed by atoms with van der Waals surface area (Å²) in [6.07, 6.45) is 5.18. The number of terminal acetylenes is 1. The van der Waals surface area contributed by atoms with Crippen LogP contribution in [0.3, 0.4) is 0 Å². The van der Waals surface area contributed by atoms with Crippen LogP contribution in [0.2, 0.25) is 0 Å². The van der Waals surface area contributed by atoms with Gasteiger partial charge < -0.3 is 10.1 Å². The maximum absolute atomic E-state index is 12.4. The first-order valence-corrected chi connectivity index (χ1v) is 6.16. The highest BCUT2D eigenvalue weighted by Gasteiger charge is 2.48. The number of rotatable bonds is 3. The third-order valence-electron chi connectivity index (χ3n) is 3.50. The highest BCUT2D eigenvalue weighted by molar-refractivity contribution is 6.07. The van der Waals surface area contributed by atoms with E-state index in [0.717, 1.165) is 16.2 Å². The monoisotopic (exact) mass is 272 g/mol. The maximum Gasteiger partial charge on any atom is 0.326 e. The molecule has 0 aromatic heterocycles. The number of aryl methyl sites for hydroxylation is 1. The number of methoxy groups -OCH3 is 1. The SMILES string of the molecule is C#CCN1C(=O)NC(C)(c2ccc(OC)c(C)c2)C1=O. The quantitative estimate of drug-likeness (QED) is 0.668. The predicted molar refractivity (Wildman–Crippen MR) is 74.2 cm³/mol. The normalized spacial score (nSPS) is 21.6. The number of nitrogens with zero attached hydrogens (tertiary/aromatic N) is 1. The van der Waals surface area contributed by atoms with Gasteiger partial charge in [0.1, 0.15) is 11.3 Å². The number of hydrogen-bond acceptors (Lipinski definition) is 3. The Morgan fingerprint density at radius 2 is 2.15 bits per heavy atom. The van der Waals surface area contributed by atoms with E-state index < -0.39 is 11.6 Å². The molecular formula is C15H16N2O3. The molecule has 1 aromatic carbocycles. The topological polar surface area (TPSA) is 58.6 Å². The second-order valence-corrected chi connectivity index (χ2v) is 4.83. The van der Waals surface area contributed by atoms with Crippen molar-refractivity contribution in [2.45, 2.75) is 19.4 Å². The van der Waals surface area contributed by atoms with E-state index in [2.05, 4.69) is 11.2 Å². The van der Waals surface area contributed by atoms with Gasteiger partial charge in [0.05, 0.1) is 13.7 Å². The van der Waals surface area contributed by atoms with Crippen LogP contribution in [0.4, 0.5) is 4.79 Å². The lowest BCUT2D eigenvalue weighted by atomic mass is 9.90. The highest BCUT2D eigenvalue weighted by atomic mass is 16.5. The van der Waals surface area contributed by atoms with Gasteiger partial charge in [-0.25, -0.2) is 4.79 Å². The average Bonchev–Trinajstić information content (AvgIpc) is 2.64. The van der Waals surface area contributed by atoms with E-state index in [1.165, 1.54) is 0 Å². The van der Waals surface area contributed by atoms with E-state index in [0.29, 0.717) is 5.56 Å². The van der Waals surface area contributed by atoms with Crippen LogP contribution in [0.5, 0.6) is 5.75 Å². The number of amides is 3. The molecule has 1 atom stereocenters. The third-order valence-corrected chi connectivity index (χ3v) is 3.50. The van der Waals surface area contributed by atoms with Crippen LogP contribution in [0, 0.1) is 19.3 Å². The Labute approximate surface area is 117 Å². The van der Waals surface area contributed by atoms with E-state index in [1.54, 1.807) is 26.2 Å². The molecule has 104 valence electrons. The molecule has 0 bridgehead atoms. The fraction of sp³-hybridized carbons (Fsp3) is 0.333. The summed E-state index contributed by atoms with van der Waals surface area (Å²) in [6, 6.07) is 4.91. The summed E-state index contributed by atoms with van der Waals surface area (Å²) in [4.78, 5) is 25.3. The van der Waals surface area contributed by atoms with Crippen LogP contribution >= 0.6 is 0 Å². The van der Waals surface area contributed by atoms with Crippen molar-refractivity contribution < 1.29 is 14.3 Å². The summed E-state index contributed by atoms with van der Waals surface area (Å²) in [6.45, 7) is 3.52. The summed E-state index contributed by atoms with van der Waals surface area (Å²) in [5, 5.41) is 2.70. The van der Waals surface area contributed by atoms with Crippen molar-refractivity contribution in [2.24, 2.45) is 0 Å². The number of carbonyl (C=O) groups excluding carboxylic acids is 2. The van der Waals surface area contributed by atoms with Crippen LogP contribution < -0.4 is 10.1 Å². The van der Waals surface area contributed by atoms with E-state index in [-0.39, 0.29) is 12.5 Å². The van der Waals surface area contributed by atoms with E-state index in [9.17, 15) is 9.59 Å². The molecule has 1 unspecified atom stereocenters. The minimum atomic E-state index is -1.09. The van der Waals surface area contributed by atoms with Crippen LogP contribution in [0.1, 0.15) is 18.1 Å². The number of urea groups is 1. The molecule has 1 saturated heterocycles. The zero-order valence-electron chi connectivity index (χ0n) is 11.7. The van der Waals surface area contributed by atoms with Crippen molar-refractivity contribution in [1.29, 1.82) is 0 Å². The zero-order valence-corrected chi connectivity index (χ0v) is 11.7. The minimum Gasteiger partial charge on any atom is -0.496 e.